The second-order valence-electron chi connectivity index (χ2n) is 5.36. The maximum Gasteiger partial charge on any atom is 0.0625 e. The lowest BCUT2D eigenvalue weighted by Gasteiger charge is -2.34. The monoisotopic (exact) mass is 251 g/mol. The molecule has 0 saturated carbocycles. The Kier molecular flexibility index (Phi) is 4.40. The number of hydrogen-bond donors (Lipinski definition) is 1. The summed E-state index contributed by atoms with van der Waals surface area (Å²) in [6, 6.07) is 2.22. The highest BCUT2D eigenvalue weighted by Crippen LogP contribution is 2.19. The molecule has 1 aromatic rings. The van der Waals surface area contributed by atoms with Gasteiger partial charge in [-0.05, 0) is 31.7 Å². The van der Waals surface area contributed by atoms with Crippen molar-refractivity contribution in [3.63, 3.8) is 0 Å². The molecule has 2 unspecified atom stereocenters. The Morgan fingerprint density at radius 3 is 2.83 bits per heavy atom. The Morgan fingerprint density at radius 1 is 1.44 bits per heavy atom. The molecule has 1 aliphatic heterocycles. The van der Waals surface area contributed by atoms with E-state index in [0.29, 0.717) is 5.92 Å². The van der Waals surface area contributed by atoms with Gasteiger partial charge in [-0.15, -0.1) is 0 Å². The summed E-state index contributed by atoms with van der Waals surface area (Å²) in [5.41, 5.74) is 2.48. The number of nitrogens with zero attached hydrogens (tertiary/aromatic N) is 3. The molecule has 0 radical (unpaired) electrons. The van der Waals surface area contributed by atoms with E-state index in [0.717, 1.165) is 39.0 Å². The zero-order valence-electron chi connectivity index (χ0n) is 11.8. The molecule has 1 N–H and O–H groups in total. The molecule has 4 nitrogen and oxygen atoms in total. The first-order valence-corrected chi connectivity index (χ1v) is 7.10. The fourth-order valence-corrected chi connectivity index (χ4v) is 2.68. The summed E-state index contributed by atoms with van der Waals surface area (Å²) in [5, 5.41) is 14.3. The van der Waals surface area contributed by atoms with E-state index < -0.39 is 0 Å². The van der Waals surface area contributed by atoms with E-state index >= 15 is 0 Å². The molecule has 0 aromatic carbocycles. The molecule has 18 heavy (non-hydrogen) atoms. The van der Waals surface area contributed by atoms with Crippen molar-refractivity contribution >= 4 is 0 Å². The zero-order valence-corrected chi connectivity index (χ0v) is 11.8. The molecule has 1 aromatic heterocycles. The van der Waals surface area contributed by atoms with Gasteiger partial charge in [0.1, 0.15) is 0 Å². The van der Waals surface area contributed by atoms with Crippen LogP contribution in [0.1, 0.15) is 38.6 Å². The van der Waals surface area contributed by atoms with Crippen molar-refractivity contribution in [2.45, 2.75) is 52.8 Å². The first-order valence-electron chi connectivity index (χ1n) is 7.10. The Bertz CT molecular complexity index is 388. The van der Waals surface area contributed by atoms with Crippen molar-refractivity contribution in [2.24, 2.45) is 5.92 Å². The molecule has 0 aliphatic carbocycles. The Labute approximate surface area is 110 Å². The van der Waals surface area contributed by atoms with Crippen LogP contribution in [0, 0.1) is 5.92 Å². The van der Waals surface area contributed by atoms with Crippen LogP contribution in [-0.2, 0) is 19.5 Å². The quantitative estimate of drug-likeness (QED) is 0.885. The lowest BCUT2D eigenvalue weighted by molar-refractivity contribution is 0.0311. The summed E-state index contributed by atoms with van der Waals surface area (Å²) < 4.78 is 2.11. The standard InChI is InChI=1S/C14H25N3O/c1-4-12-8-13(17(5-2)15-12)10-16-7-6-14(18)11(3)9-16/h8,11,14,18H,4-7,9-10H2,1-3H3. The number of likely N-dealkylation sites (tertiary alicyclic amines) is 1. The molecular formula is C14H25N3O. The van der Waals surface area contributed by atoms with E-state index in [2.05, 4.69) is 41.5 Å². The van der Waals surface area contributed by atoms with E-state index in [1.807, 2.05) is 0 Å². The van der Waals surface area contributed by atoms with Crippen LogP contribution in [0.5, 0.6) is 0 Å². The molecule has 4 heteroatoms. The van der Waals surface area contributed by atoms with Crippen LogP contribution in [0.2, 0.25) is 0 Å². The van der Waals surface area contributed by atoms with E-state index in [4.69, 9.17) is 0 Å². The highest BCUT2D eigenvalue weighted by Gasteiger charge is 2.24. The first-order chi connectivity index (χ1) is 8.63. The van der Waals surface area contributed by atoms with Crippen molar-refractivity contribution in [1.82, 2.24) is 14.7 Å². The van der Waals surface area contributed by atoms with E-state index in [1.54, 1.807) is 0 Å². The second-order valence-corrected chi connectivity index (χ2v) is 5.36. The SMILES string of the molecule is CCc1cc(CN2CCC(O)C(C)C2)n(CC)n1. The van der Waals surface area contributed by atoms with Crippen molar-refractivity contribution in [3.05, 3.63) is 17.5 Å². The maximum absolute atomic E-state index is 9.76. The van der Waals surface area contributed by atoms with Gasteiger partial charge in [0.15, 0.2) is 0 Å². The van der Waals surface area contributed by atoms with Crippen LogP contribution in [-0.4, -0.2) is 39.0 Å². The minimum absolute atomic E-state index is 0.122. The van der Waals surface area contributed by atoms with Crippen LogP contribution in [0.4, 0.5) is 0 Å². The molecule has 2 rings (SSSR count). The van der Waals surface area contributed by atoms with Gasteiger partial charge in [0.2, 0.25) is 0 Å². The van der Waals surface area contributed by atoms with Crippen molar-refractivity contribution in [1.29, 1.82) is 0 Å². The topological polar surface area (TPSA) is 41.3 Å². The fraction of sp³-hybridized carbons (Fsp3) is 0.786. The number of aliphatic hydroxyl groups excluding tert-OH is 1. The van der Waals surface area contributed by atoms with Crippen LogP contribution in [0.25, 0.3) is 0 Å². The third-order valence-electron chi connectivity index (χ3n) is 3.91. The molecule has 0 bridgehead atoms. The molecule has 102 valence electrons. The number of piperidine rings is 1. The molecule has 1 aliphatic rings. The predicted octanol–water partition coefficient (Wildman–Crippen LogP) is 1.67. The van der Waals surface area contributed by atoms with Gasteiger partial charge in [0.25, 0.3) is 0 Å². The van der Waals surface area contributed by atoms with Gasteiger partial charge >= 0.3 is 0 Å². The third-order valence-corrected chi connectivity index (χ3v) is 3.91. The normalized spacial score (nSPS) is 25.6. The lowest BCUT2D eigenvalue weighted by atomic mass is 9.97. The van der Waals surface area contributed by atoms with Gasteiger partial charge in [-0.3, -0.25) is 9.58 Å². The smallest absolute Gasteiger partial charge is 0.0625 e. The molecule has 1 saturated heterocycles. The fourth-order valence-electron chi connectivity index (χ4n) is 2.68. The summed E-state index contributed by atoms with van der Waals surface area (Å²) in [6.07, 6.45) is 1.76. The highest BCUT2D eigenvalue weighted by atomic mass is 16.3. The zero-order chi connectivity index (χ0) is 13.1. The van der Waals surface area contributed by atoms with Crippen LogP contribution in [0.3, 0.4) is 0 Å². The van der Waals surface area contributed by atoms with Gasteiger partial charge in [0, 0.05) is 26.2 Å². The molecule has 2 atom stereocenters. The first kappa shape index (κ1) is 13.6. The second kappa shape index (κ2) is 5.85. The number of aromatic nitrogens is 2. The van der Waals surface area contributed by atoms with Gasteiger partial charge in [-0.1, -0.05) is 13.8 Å². The van der Waals surface area contributed by atoms with Gasteiger partial charge in [0.05, 0.1) is 17.5 Å². The average molecular weight is 251 g/mol. The third kappa shape index (κ3) is 2.93. The van der Waals surface area contributed by atoms with Gasteiger partial charge < -0.3 is 5.11 Å². The largest absolute Gasteiger partial charge is 0.393 e. The molecule has 2 heterocycles. The Balaban J connectivity index is 2.02. The van der Waals surface area contributed by atoms with Crippen molar-refractivity contribution in [2.75, 3.05) is 13.1 Å². The summed E-state index contributed by atoms with van der Waals surface area (Å²) in [7, 11) is 0. The minimum Gasteiger partial charge on any atom is -0.393 e. The summed E-state index contributed by atoms with van der Waals surface area (Å²) >= 11 is 0. The van der Waals surface area contributed by atoms with Gasteiger partial charge in [-0.25, -0.2) is 0 Å². The molecule has 1 fully saturated rings. The molecule has 0 spiro atoms. The Morgan fingerprint density at radius 2 is 2.22 bits per heavy atom. The predicted molar refractivity (Wildman–Crippen MR) is 72.3 cm³/mol. The summed E-state index contributed by atoms with van der Waals surface area (Å²) in [6.45, 7) is 10.3. The summed E-state index contributed by atoms with van der Waals surface area (Å²) in [5.74, 6) is 0.377. The Hall–Kier alpha value is -0.870. The van der Waals surface area contributed by atoms with E-state index in [9.17, 15) is 5.11 Å². The van der Waals surface area contributed by atoms with Crippen LogP contribution < -0.4 is 0 Å². The average Bonchev–Trinajstić information content (AvgIpc) is 2.76. The van der Waals surface area contributed by atoms with E-state index in [1.165, 1.54) is 11.4 Å². The van der Waals surface area contributed by atoms with Crippen molar-refractivity contribution < 1.29 is 5.11 Å². The van der Waals surface area contributed by atoms with Crippen LogP contribution >= 0.6 is 0 Å². The van der Waals surface area contributed by atoms with Crippen molar-refractivity contribution in [3.8, 4) is 0 Å². The lowest BCUT2D eigenvalue weighted by Crippen LogP contribution is -2.41. The van der Waals surface area contributed by atoms with Gasteiger partial charge in [-0.2, -0.15) is 5.10 Å². The summed E-state index contributed by atoms with van der Waals surface area (Å²) in [4.78, 5) is 2.43. The minimum atomic E-state index is -0.122. The molecule has 0 amide bonds. The number of rotatable bonds is 4. The highest BCUT2D eigenvalue weighted by molar-refractivity contribution is 5.10. The number of aliphatic hydroxyl groups is 1. The van der Waals surface area contributed by atoms with E-state index in [-0.39, 0.29) is 6.10 Å². The molecular weight excluding hydrogens is 226 g/mol. The maximum atomic E-state index is 9.76. The number of aryl methyl sites for hydroxylation is 2. The van der Waals surface area contributed by atoms with Crippen LogP contribution in [0.15, 0.2) is 6.07 Å². The number of hydrogen-bond acceptors (Lipinski definition) is 3.